The molecule has 2 rings (SSSR count). The highest BCUT2D eigenvalue weighted by molar-refractivity contribution is 7.54. The molecular weight excluding hydrogens is 369 g/mol. The van der Waals surface area contributed by atoms with Crippen molar-refractivity contribution in [2.45, 2.75) is 26.4 Å². The van der Waals surface area contributed by atoms with Gasteiger partial charge < -0.3 is 24.3 Å². The first-order chi connectivity index (χ1) is 11.9. The van der Waals surface area contributed by atoms with Crippen molar-refractivity contribution >= 4 is 25.2 Å². The van der Waals surface area contributed by atoms with Gasteiger partial charge in [0.25, 0.3) is 0 Å². The molecule has 1 unspecified atom stereocenters. The molecule has 138 valence electrons. The van der Waals surface area contributed by atoms with E-state index in [4.69, 9.17) is 35.9 Å². The average molecular weight is 390 g/mol. The highest BCUT2D eigenvalue weighted by Crippen LogP contribution is 2.67. The van der Waals surface area contributed by atoms with Crippen LogP contribution in [0.4, 0.5) is 0 Å². The number of hydrogen-bond acceptors (Lipinski definition) is 7. The molecule has 7 nitrogen and oxygen atoms in total. The van der Waals surface area contributed by atoms with Crippen LogP contribution in [0.25, 0.3) is 0 Å². The molecule has 0 saturated heterocycles. The summed E-state index contributed by atoms with van der Waals surface area (Å²) in [4.78, 5) is 12.5. The fourth-order valence-corrected chi connectivity index (χ4v) is 5.18. The molecule has 0 radical (unpaired) electrons. The summed E-state index contributed by atoms with van der Waals surface area (Å²) in [5.41, 5.74) is 5.01. The molecule has 0 aliphatic carbocycles. The summed E-state index contributed by atoms with van der Waals surface area (Å²) in [7, 11) is -3.83. The Morgan fingerprint density at radius 3 is 2.44 bits per heavy atom. The Bertz CT molecular complexity index is 725. The van der Waals surface area contributed by atoms with Crippen LogP contribution in [0.2, 0.25) is 5.02 Å². The smallest absolute Gasteiger partial charge is 0.343 e. The third-order valence-electron chi connectivity index (χ3n) is 3.47. The van der Waals surface area contributed by atoms with Gasteiger partial charge in [-0.1, -0.05) is 17.7 Å². The highest BCUT2D eigenvalue weighted by atomic mass is 35.5. The lowest BCUT2D eigenvalue weighted by Crippen LogP contribution is -2.28. The van der Waals surface area contributed by atoms with Crippen LogP contribution < -0.4 is 10.5 Å². The van der Waals surface area contributed by atoms with Crippen molar-refractivity contribution in [3.8, 4) is 5.75 Å². The largest absolute Gasteiger partial charge is 0.462 e. The van der Waals surface area contributed by atoms with Gasteiger partial charge in [0.15, 0.2) is 0 Å². The number of fused-ring (bicyclic) bond motifs is 1. The van der Waals surface area contributed by atoms with Crippen molar-refractivity contribution in [2.24, 2.45) is 5.73 Å². The fraction of sp³-hybridized carbons (Fsp3) is 0.438. The molecule has 0 fully saturated rings. The Kier molecular flexibility index (Phi) is 6.52. The zero-order chi connectivity index (χ0) is 18.6. The number of ether oxygens (including phenoxy) is 2. The molecule has 1 aromatic carbocycles. The number of halogens is 1. The summed E-state index contributed by atoms with van der Waals surface area (Å²) in [5.74, 6) is -0.671. The Hall–Kier alpha value is -1.53. The van der Waals surface area contributed by atoms with Gasteiger partial charge in [0.1, 0.15) is 17.0 Å². The van der Waals surface area contributed by atoms with Crippen LogP contribution in [0, 0.1) is 0 Å². The van der Waals surface area contributed by atoms with Gasteiger partial charge in [-0.05, 0) is 32.9 Å². The Labute approximate surface area is 151 Å². The Balaban J connectivity index is 2.71. The zero-order valence-corrected chi connectivity index (χ0v) is 15.9. The van der Waals surface area contributed by atoms with Crippen LogP contribution in [0.5, 0.6) is 5.75 Å². The molecule has 0 saturated carbocycles. The maximum absolute atomic E-state index is 13.5. The first kappa shape index (κ1) is 19.8. The third kappa shape index (κ3) is 3.85. The van der Waals surface area contributed by atoms with Crippen LogP contribution in [0.1, 0.15) is 32.0 Å². The summed E-state index contributed by atoms with van der Waals surface area (Å²) in [6.45, 7) is 5.35. The van der Waals surface area contributed by atoms with Crippen molar-refractivity contribution in [3.63, 3.8) is 0 Å². The van der Waals surface area contributed by atoms with Gasteiger partial charge in [0, 0.05) is 10.6 Å². The van der Waals surface area contributed by atoms with E-state index in [1.807, 2.05) is 0 Å². The van der Waals surface area contributed by atoms with Gasteiger partial charge in [0.2, 0.25) is 5.88 Å². The molecule has 2 N–H and O–H groups in total. The number of esters is 1. The lowest BCUT2D eigenvalue weighted by molar-refractivity contribution is -0.139. The summed E-state index contributed by atoms with van der Waals surface area (Å²) >= 11 is 6.31. The molecule has 9 heteroatoms. The van der Waals surface area contributed by atoms with Crippen molar-refractivity contribution in [1.29, 1.82) is 0 Å². The number of nitrogens with two attached hydrogens (primary N) is 1. The second kappa shape index (κ2) is 8.23. The van der Waals surface area contributed by atoms with E-state index in [1.54, 1.807) is 39.0 Å². The number of hydrogen-bond donors (Lipinski definition) is 1. The molecule has 1 heterocycles. The molecule has 0 spiro atoms. The maximum Gasteiger partial charge on any atom is 0.343 e. The molecular formula is C16H21ClNO6P. The second-order valence-electron chi connectivity index (χ2n) is 5.03. The summed E-state index contributed by atoms with van der Waals surface area (Å²) in [6.07, 6.45) is 0. The SMILES string of the molecule is CCOC(=O)C1=C(N)Oc2cccc(Cl)c2C1P(=O)(OCC)OCC. The van der Waals surface area contributed by atoms with E-state index >= 15 is 0 Å². The molecule has 0 bridgehead atoms. The topological polar surface area (TPSA) is 97.1 Å². The van der Waals surface area contributed by atoms with Gasteiger partial charge in [0.05, 0.1) is 19.8 Å². The van der Waals surface area contributed by atoms with Crippen LogP contribution >= 0.6 is 19.2 Å². The minimum Gasteiger partial charge on any atom is -0.462 e. The van der Waals surface area contributed by atoms with Crippen LogP contribution in [-0.4, -0.2) is 25.8 Å². The molecule has 1 aliphatic rings. The van der Waals surface area contributed by atoms with Crippen LogP contribution in [0.15, 0.2) is 29.7 Å². The normalized spacial score (nSPS) is 17.0. The summed E-state index contributed by atoms with van der Waals surface area (Å²) in [6, 6.07) is 4.88. The van der Waals surface area contributed by atoms with E-state index in [0.29, 0.717) is 11.3 Å². The minimum atomic E-state index is -3.83. The van der Waals surface area contributed by atoms with E-state index in [9.17, 15) is 9.36 Å². The van der Waals surface area contributed by atoms with Gasteiger partial charge in [-0.2, -0.15) is 0 Å². The van der Waals surface area contributed by atoms with Crippen molar-refractivity contribution in [3.05, 3.63) is 40.2 Å². The van der Waals surface area contributed by atoms with E-state index in [-0.39, 0.29) is 36.3 Å². The molecule has 25 heavy (non-hydrogen) atoms. The second-order valence-corrected chi connectivity index (χ2v) is 7.55. The lowest BCUT2D eigenvalue weighted by atomic mass is 10.0. The molecule has 1 aliphatic heterocycles. The van der Waals surface area contributed by atoms with Crippen molar-refractivity contribution in [2.75, 3.05) is 19.8 Å². The molecule has 0 amide bonds. The van der Waals surface area contributed by atoms with E-state index in [0.717, 1.165) is 0 Å². The number of rotatable bonds is 7. The monoisotopic (exact) mass is 389 g/mol. The first-order valence-electron chi connectivity index (χ1n) is 7.91. The van der Waals surface area contributed by atoms with Crippen molar-refractivity contribution in [1.82, 2.24) is 0 Å². The highest BCUT2D eigenvalue weighted by Gasteiger charge is 2.49. The molecule has 1 atom stereocenters. The van der Waals surface area contributed by atoms with Gasteiger partial charge in [-0.25, -0.2) is 4.79 Å². The third-order valence-corrected chi connectivity index (χ3v) is 6.19. The van der Waals surface area contributed by atoms with E-state index in [1.165, 1.54) is 0 Å². The Morgan fingerprint density at radius 2 is 1.88 bits per heavy atom. The van der Waals surface area contributed by atoms with E-state index < -0.39 is 19.2 Å². The number of carbonyl (C=O) groups is 1. The standard InChI is InChI=1S/C16H21ClNO6P/c1-4-21-16(19)13-14(25(20,22-5-2)23-6-3)12-10(17)8-7-9-11(12)24-15(13)18/h7-9,14H,4-6,18H2,1-3H3. The summed E-state index contributed by atoms with van der Waals surface area (Å²) in [5, 5.41) is 0.261. The quantitative estimate of drug-likeness (QED) is 0.560. The summed E-state index contributed by atoms with van der Waals surface area (Å²) < 4.78 is 35.0. The lowest BCUT2D eigenvalue weighted by Gasteiger charge is -2.32. The predicted molar refractivity (Wildman–Crippen MR) is 93.5 cm³/mol. The van der Waals surface area contributed by atoms with Crippen LogP contribution in [0.3, 0.4) is 0 Å². The van der Waals surface area contributed by atoms with E-state index in [2.05, 4.69) is 0 Å². The zero-order valence-electron chi connectivity index (χ0n) is 14.3. The first-order valence-corrected chi connectivity index (χ1v) is 9.90. The van der Waals surface area contributed by atoms with Crippen LogP contribution in [-0.2, 0) is 23.1 Å². The minimum absolute atomic E-state index is 0.116. The van der Waals surface area contributed by atoms with Gasteiger partial charge >= 0.3 is 13.6 Å². The van der Waals surface area contributed by atoms with Gasteiger partial charge in [-0.3, -0.25) is 4.57 Å². The average Bonchev–Trinajstić information content (AvgIpc) is 2.54. The Morgan fingerprint density at radius 1 is 1.24 bits per heavy atom. The fourth-order valence-electron chi connectivity index (χ4n) is 2.61. The van der Waals surface area contributed by atoms with Gasteiger partial charge in [-0.15, -0.1) is 0 Å². The number of benzene rings is 1. The molecule has 1 aromatic rings. The maximum atomic E-state index is 13.5. The van der Waals surface area contributed by atoms with Crippen molar-refractivity contribution < 1.29 is 27.9 Å². The molecule has 0 aromatic heterocycles. The number of carbonyl (C=O) groups excluding carboxylic acids is 1. The predicted octanol–water partition coefficient (Wildman–Crippen LogP) is 3.77.